The number of hydrazine groups is 1. The van der Waals surface area contributed by atoms with Crippen LogP contribution in [0.4, 0.5) is 11.4 Å². The van der Waals surface area contributed by atoms with Crippen molar-refractivity contribution in [3.05, 3.63) is 59.1 Å². The normalized spacial score (nSPS) is 14.3. The van der Waals surface area contributed by atoms with Gasteiger partial charge >= 0.3 is 0 Å². The number of nitrogens with one attached hydrogen (secondary N) is 1. The van der Waals surface area contributed by atoms with Crippen LogP contribution in [0, 0.1) is 5.92 Å². The Labute approximate surface area is 130 Å². The minimum Gasteiger partial charge on any atom is -0.285 e. The van der Waals surface area contributed by atoms with Gasteiger partial charge in [0.15, 0.2) is 0 Å². The first-order chi connectivity index (χ1) is 10.1. The lowest BCUT2D eigenvalue weighted by Gasteiger charge is -2.26. The predicted octanol–water partition coefficient (Wildman–Crippen LogP) is 4.55. The van der Waals surface area contributed by atoms with Gasteiger partial charge in [0.25, 0.3) is 0 Å². The van der Waals surface area contributed by atoms with Gasteiger partial charge in [-0.15, -0.1) is 0 Å². The second-order valence-electron chi connectivity index (χ2n) is 5.45. The van der Waals surface area contributed by atoms with Crippen LogP contribution < -0.4 is 10.4 Å². The number of benzene rings is 2. The third-order valence-corrected chi connectivity index (χ3v) is 3.75. The molecule has 108 valence electrons. The van der Waals surface area contributed by atoms with Crippen LogP contribution in [0.25, 0.3) is 0 Å². The molecule has 21 heavy (non-hydrogen) atoms. The first kappa shape index (κ1) is 14.0. The molecule has 0 spiro atoms. The number of hydrogen-bond donors (Lipinski definition) is 1. The molecule has 2 aromatic rings. The number of amidine groups is 1. The summed E-state index contributed by atoms with van der Waals surface area (Å²) in [6, 6.07) is 16.1. The minimum absolute atomic E-state index is 0.325. The Morgan fingerprint density at radius 2 is 1.81 bits per heavy atom. The molecule has 1 aliphatic heterocycles. The van der Waals surface area contributed by atoms with E-state index in [1.54, 1.807) is 0 Å². The van der Waals surface area contributed by atoms with Gasteiger partial charge in [0, 0.05) is 10.9 Å². The van der Waals surface area contributed by atoms with Crippen LogP contribution in [0.3, 0.4) is 0 Å². The Hall–Kier alpha value is -2.00. The number of halogens is 1. The fraction of sp³-hybridized carbons (Fsp3) is 0.235. The molecule has 1 aliphatic rings. The maximum Gasteiger partial charge on any atom is 0.123 e. The fourth-order valence-corrected chi connectivity index (χ4v) is 2.42. The molecular weight excluding hydrogens is 282 g/mol. The standard InChI is InChI=1S/C17H18ClN3/c1-12(2)17-19-16-6-4-3-5-13(16)11-21(20-17)15-9-7-14(18)8-10-15/h3-10,12H,11H2,1-2H3,(H,19,20). The highest BCUT2D eigenvalue weighted by molar-refractivity contribution is 6.30. The largest absolute Gasteiger partial charge is 0.285 e. The number of fused-ring (bicyclic) bond motifs is 1. The molecule has 0 fully saturated rings. The van der Waals surface area contributed by atoms with Crippen LogP contribution in [0.15, 0.2) is 53.5 Å². The molecule has 1 N–H and O–H groups in total. The Bertz CT molecular complexity index is 662. The van der Waals surface area contributed by atoms with Crippen molar-refractivity contribution in [2.24, 2.45) is 10.9 Å². The first-order valence-electron chi connectivity index (χ1n) is 7.10. The molecule has 1 heterocycles. The average Bonchev–Trinajstić information content (AvgIpc) is 2.67. The van der Waals surface area contributed by atoms with E-state index in [0.717, 1.165) is 28.8 Å². The number of aliphatic imine (C=N–C) groups is 1. The molecule has 3 rings (SSSR count). The van der Waals surface area contributed by atoms with E-state index >= 15 is 0 Å². The first-order valence-corrected chi connectivity index (χ1v) is 7.47. The maximum absolute atomic E-state index is 5.98. The van der Waals surface area contributed by atoms with Crippen LogP contribution in [-0.2, 0) is 6.54 Å². The topological polar surface area (TPSA) is 27.6 Å². The summed E-state index contributed by atoms with van der Waals surface area (Å²) in [5.74, 6) is 1.29. The smallest absolute Gasteiger partial charge is 0.123 e. The van der Waals surface area contributed by atoms with Crippen LogP contribution in [0.5, 0.6) is 0 Å². The van der Waals surface area contributed by atoms with Crippen molar-refractivity contribution in [3.8, 4) is 0 Å². The summed E-state index contributed by atoms with van der Waals surface area (Å²) in [6.07, 6.45) is 0. The summed E-state index contributed by atoms with van der Waals surface area (Å²) in [5, 5.41) is 2.85. The van der Waals surface area contributed by atoms with Gasteiger partial charge in [-0.1, -0.05) is 43.6 Å². The molecule has 0 bridgehead atoms. The van der Waals surface area contributed by atoms with Crippen molar-refractivity contribution in [1.29, 1.82) is 0 Å². The lowest BCUT2D eigenvalue weighted by molar-refractivity contribution is 0.727. The summed E-state index contributed by atoms with van der Waals surface area (Å²) in [5.41, 5.74) is 6.75. The lowest BCUT2D eigenvalue weighted by Crippen LogP contribution is -2.42. The zero-order chi connectivity index (χ0) is 14.8. The van der Waals surface area contributed by atoms with E-state index in [0.29, 0.717) is 5.92 Å². The zero-order valence-corrected chi connectivity index (χ0v) is 12.9. The molecule has 4 heteroatoms. The summed E-state index contributed by atoms with van der Waals surface area (Å²) < 4.78 is 0. The second kappa shape index (κ2) is 5.78. The van der Waals surface area contributed by atoms with Gasteiger partial charge in [0.05, 0.1) is 17.9 Å². The third-order valence-electron chi connectivity index (χ3n) is 3.50. The highest BCUT2D eigenvalue weighted by Crippen LogP contribution is 2.27. The van der Waals surface area contributed by atoms with E-state index in [1.165, 1.54) is 5.56 Å². The third kappa shape index (κ3) is 3.03. The maximum atomic E-state index is 5.98. The summed E-state index contributed by atoms with van der Waals surface area (Å²) in [4.78, 5) is 4.77. The van der Waals surface area contributed by atoms with Crippen molar-refractivity contribution in [1.82, 2.24) is 5.43 Å². The molecule has 0 atom stereocenters. The molecular formula is C17H18ClN3. The molecule has 0 aliphatic carbocycles. The van der Waals surface area contributed by atoms with Crippen molar-refractivity contribution < 1.29 is 0 Å². The van der Waals surface area contributed by atoms with E-state index in [2.05, 4.69) is 42.5 Å². The van der Waals surface area contributed by atoms with Gasteiger partial charge in [-0.3, -0.25) is 10.4 Å². The highest BCUT2D eigenvalue weighted by atomic mass is 35.5. The van der Waals surface area contributed by atoms with Gasteiger partial charge in [0.2, 0.25) is 0 Å². The minimum atomic E-state index is 0.325. The highest BCUT2D eigenvalue weighted by Gasteiger charge is 2.18. The predicted molar refractivity (Wildman–Crippen MR) is 89.1 cm³/mol. The van der Waals surface area contributed by atoms with Crippen molar-refractivity contribution in [2.45, 2.75) is 20.4 Å². The molecule has 0 saturated carbocycles. The van der Waals surface area contributed by atoms with E-state index in [4.69, 9.17) is 16.6 Å². The monoisotopic (exact) mass is 299 g/mol. The quantitative estimate of drug-likeness (QED) is 0.881. The van der Waals surface area contributed by atoms with Gasteiger partial charge < -0.3 is 0 Å². The van der Waals surface area contributed by atoms with Gasteiger partial charge in [-0.05, 0) is 35.9 Å². The molecule has 0 radical (unpaired) electrons. The van der Waals surface area contributed by atoms with Gasteiger partial charge in [0.1, 0.15) is 5.84 Å². The second-order valence-corrected chi connectivity index (χ2v) is 5.89. The molecule has 0 amide bonds. The molecule has 3 nitrogen and oxygen atoms in total. The lowest BCUT2D eigenvalue weighted by atomic mass is 10.1. The SMILES string of the molecule is CC(C)C1=Nc2ccccc2CN(c2ccc(Cl)cc2)N1. The van der Waals surface area contributed by atoms with Crippen LogP contribution in [-0.4, -0.2) is 5.84 Å². The van der Waals surface area contributed by atoms with Crippen molar-refractivity contribution in [3.63, 3.8) is 0 Å². The Balaban J connectivity index is 2.01. The van der Waals surface area contributed by atoms with E-state index < -0.39 is 0 Å². The number of hydrogen-bond acceptors (Lipinski definition) is 3. The summed E-state index contributed by atoms with van der Waals surface area (Å²) in [7, 11) is 0. The van der Waals surface area contributed by atoms with E-state index in [-0.39, 0.29) is 0 Å². The Morgan fingerprint density at radius 1 is 1.10 bits per heavy atom. The molecule has 2 aromatic carbocycles. The Morgan fingerprint density at radius 3 is 2.52 bits per heavy atom. The van der Waals surface area contributed by atoms with Crippen LogP contribution in [0.1, 0.15) is 19.4 Å². The van der Waals surface area contributed by atoms with Crippen molar-refractivity contribution in [2.75, 3.05) is 5.01 Å². The molecule has 0 aromatic heterocycles. The zero-order valence-electron chi connectivity index (χ0n) is 12.2. The number of para-hydroxylation sites is 1. The number of rotatable bonds is 2. The van der Waals surface area contributed by atoms with Crippen LogP contribution >= 0.6 is 11.6 Å². The average molecular weight is 300 g/mol. The van der Waals surface area contributed by atoms with Gasteiger partial charge in [-0.25, -0.2) is 4.99 Å². The number of nitrogens with zero attached hydrogens (tertiary/aromatic N) is 2. The number of anilines is 1. The summed E-state index contributed by atoms with van der Waals surface area (Å²) in [6.45, 7) is 5.04. The van der Waals surface area contributed by atoms with Crippen LogP contribution in [0.2, 0.25) is 5.02 Å². The Kier molecular flexibility index (Phi) is 3.84. The summed E-state index contributed by atoms with van der Waals surface area (Å²) >= 11 is 5.98. The fourth-order valence-electron chi connectivity index (χ4n) is 2.29. The van der Waals surface area contributed by atoms with Crippen molar-refractivity contribution >= 4 is 28.8 Å². The molecule has 0 unspecified atom stereocenters. The van der Waals surface area contributed by atoms with E-state index in [9.17, 15) is 0 Å². The molecule has 0 saturated heterocycles. The van der Waals surface area contributed by atoms with Gasteiger partial charge in [-0.2, -0.15) is 0 Å². The van der Waals surface area contributed by atoms with E-state index in [1.807, 2.05) is 30.3 Å².